The van der Waals surface area contributed by atoms with E-state index in [0.29, 0.717) is 12.0 Å². The Hall–Kier alpha value is -2.59. The fraction of sp³-hybridized carbons (Fsp3) is 0.458. The van der Waals surface area contributed by atoms with Crippen molar-refractivity contribution >= 4 is 53.7 Å². The zero-order chi connectivity index (χ0) is 23.5. The van der Waals surface area contributed by atoms with Gasteiger partial charge in [-0.3, -0.25) is 19.3 Å². The largest absolute Gasteiger partial charge is 0.509 e. The van der Waals surface area contributed by atoms with Gasteiger partial charge in [0.1, 0.15) is 17.3 Å². The van der Waals surface area contributed by atoms with Gasteiger partial charge in [-0.1, -0.05) is 6.07 Å². The maximum Gasteiger partial charge on any atom is 0.238 e. The van der Waals surface area contributed by atoms with Crippen molar-refractivity contribution in [1.82, 2.24) is 4.90 Å². The molecule has 0 radical (unpaired) electrons. The van der Waals surface area contributed by atoms with Crippen molar-refractivity contribution in [2.24, 2.45) is 11.8 Å². The molecule has 3 unspecified atom stereocenters. The topological polar surface area (TPSA) is 147 Å². The lowest BCUT2D eigenvalue weighted by molar-refractivity contribution is -0.146. The van der Waals surface area contributed by atoms with E-state index in [-0.39, 0.29) is 78.5 Å². The van der Waals surface area contributed by atoms with Gasteiger partial charge in [0.05, 0.1) is 17.8 Å². The third-order valence-electron chi connectivity index (χ3n) is 7.36. The molecule has 5 N–H and O–H groups in total. The molecule has 35 heavy (non-hydrogen) atoms. The number of phenolic OH excluding ortho intramolecular Hbond substituents is 1. The van der Waals surface area contributed by atoms with E-state index in [1.807, 2.05) is 4.90 Å². The summed E-state index contributed by atoms with van der Waals surface area (Å²) in [6, 6.07) is 3.25. The summed E-state index contributed by atoms with van der Waals surface area (Å²) in [5.41, 5.74) is -1.61. The molecular formula is C24H28Cl2N2O7. The number of hydrogen-bond donors (Lipinski definition) is 5. The number of anilines is 1. The first-order valence-electron chi connectivity index (χ1n) is 11.2. The number of halogens is 2. The summed E-state index contributed by atoms with van der Waals surface area (Å²) >= 11 is 0. The van der Waals surface area contributed by atoms with E-state index >= 15 is 0 Å². The van der Waals surface area contributed by atoms with Gasteiger partial charge in [0.15, 0.2) is 11.4 Å². The first-order chi connectivity index (χ1) is 15.7. The average Bonchev–Trinajstić information content (AvgIpc) is 3.25. The third kappa shape index (κ3) is 4.31. The Morgan fingerprint density at radius 2 is 1.77 bits per heavy atom. The summed E-state index contributed by atoms with van der Waals surface area (Å²) in [6.45, 7) is 1.89. The summed E-state index contributed by atoms with van der Waals surface area (Å²) in [4.78, 5) is 39.6. The quantitative estimate of drug-likeness (QED) is 0.377. The summed E-state index contributed by atoms with van der Waals surface area (Å²) in [5.74, 6) is -4.33. The highest BCUT2D eigenvalue weighted by Gasteiger charge is 2.58. The molecule has 1 aromatic carbocycles. The first kappa shape index (κ1) is 27.0. The second-order valence-electron chi connectivity index (χ2n) is 9.42. The molecule has 0 bridgehead atoms. The standard InChI is InChI=1S/C24H26N2O7.2ClH/c27-15-9-14-8-13-7-12-3-4-16(25-18(29)11-26-5-1-2-6-26)21(30)19(12)22(31)20(13)23(32)24(14,33)17(28)10-15;;/h3-4,10,13-14,28,30-31,33H,1-2,5-9,11H2,(H,25,29);2*1H. The molecule has 1 heterocycles. The lowest BCUT2D eigenvalue weighted by Gasteiger charge is -2.45. The first-order valence-corrected chi connectivity index (χ1v) is 11.2. The number of aromatic hydroxyl groups is 1. The zero-order valence-corrected chi connectivity index (χ0v) is 20.5. The van der Waals surface area contributed by atoms with Gasteiger partial charge in [0.25, 0.3) is 0 Å². The third-order valence-corrected chi connectivity index (χ3v) is 7.36. The second-order valence-corrected chi connectivity index (χ2v) is 9.42. The number of carbonyl (C=O) groups excluding carboxylic acids is 3. The fourth-order valence-electron chi connectivity index (χ4n) is 5.72. The zero-order valence-electron chi connectivity index (χ0n) is 18.8. The van der Waals surface area contributed by atoms with Crippen molar-refractivity contribution in [3.8, 4) is 5.75 Å². The van der Waals surface area contributed by atoms with Crippen molar-refractivity contribution in [2.75, 3.05) is 25.0 Å². The summed E-state index contributed by atoms with van der Waals surface area (Å²) in [6.07, 6.45) is 3.40. The van der Waals surface area contributed by atoms with Crippen LogP contribution in [0.25, 0.3) is 5.76 Å². The molecule has 1 saturated carbocycles. The Balaban J connectivity index is 0.00000171. The minimum atomic E-state index is -2.28. The number of nitrogens with one attached hydrogen (secondary N) is 1. The number of hydrogen-bond acceptors (Lipinski definition) is 8. The molecule has 11 heteroatoms. The lowest BCUT2D eigenvalue weighted by atomic mass is 9.60. The second kappa shape index (κ2) is 9.81. The SMILES string of the molecule is Cl.Cl.O=C1C=C(O)C2(O)C(=O)C3=C(O)c4c(ccc(NC(=O)CN5CCCC5)c4O)CC3CC2C1. The van der Waals surface area contributed by atoms with Crippen LogP contribution in [0.2, 0.25) is 0 Å². The van der Waals surface area contributed by atoms with Crippen LogP contribution in [-0.2, 0) is 20.8 Å². The molecule has 1 amide bonds. The number of likely N-dealkylation sites (tertiary alicyclic amines) is 1. The maximum absolute atomic E-state index is 13.3. The van der Waals surface area contributed by atoms with Gasteiger partial charge in [0.2, 0.25) is 11.7 Å². The number of amides is 1. The Kier molecular flexibility index (Phi) is 7.57. The molecule has 0 aromatic heterocycles. The van der Waals surface area contributed by atoms with Gasteiger partial charge in [0, 0.05) is 24.0 Å². The highest BCUT2D eigenvalue weighted by atomic mass is 35.5. The molecule has 1 aliphatic heterocycles. The summed E-state index contributed by atoms with van der Waals surface area (Å²) in [5, 5.41) is 45.9. The smallest absolute Gasteiger partial charge is 0.238 e. The molecule has 9 nitrogen and oxygen atoms in total. The molecule has 5 rings (SSSR count). The Bertz CT molecular complexity index is 1140. The van der Waals surface area contributed by atoms with Gasteiger partial charge < -0.3 is 25.7 Å². The highest BCUT2D eigenvalue weighted by Crippen LogP contribution is 2.51. The van der Waals surface area contributed by atoms with Crippen molar-refractivity contribution in [3.05, 3.63) is 40.7 Å². The van der Waals surface area contributed by atoms with Crippen molar-refractivity contribution < 1.29 is 34.8 Å². The number of nitrogens with zero attached hydrogens (tertiary/aromatic N) is 1. The lowest BCUT2D eigenvalue weighted by Crippen LogP contribution is -2.56. The Labute approximate surface area is 214 Å². The van der Waals surface area contributed by atoms with Crippen LogP contribution in [0.3, 0.4) is 0 Å². The van der Waals surface area contributed by atoms with Crippen LogP contribution < -0.4 is 5.32 Å². The van der Waals surface area contributed by atoms with Gasteiger partial charge in [-0.2, -0.15) is 0 Å². The fourth-order valence-corrected chi connectivity index (χ4v) is 5.72. The number of benzene rings is 1. The normalized spacial score (nSPS) is 27.6. The predicted molar refractivity (Wildman–Crippen MR) is 132 cm³/mol. The Morgan fingerprint density at radius 3 is 2.46 bits per heavy atom. The van der Waals surface area contributed by atoms with Crippen LogP contribution in [0.5, 0.6) is 5.75 Å². The van der Waals surface area contributed by atoms with Crippen LogP contribution >= 0.6 is 24.8 Å². The number of fused-ring (bicyclic) bond motifs is 3. The number of carbonyl (C=O) groups is 3. The monoisotopic (exact) mass is 526 g/mol. The van der Waals surface area contributed by atoms with Crippen LogP contribution in [0.15, 0.2) is 29.5 Å². The van der Waals surface area contributed by atoms with Crippen molar-refractivity contribution in [3.63, 3.8) is 0 Å². The predicted octanol–water partition coefficient (Wildman–Crippen LogP) is 2.45. The van der Waals surface area contributed by atoms with Gasteiger partial charge in [-0.15, -0.1) is 24.8 Å². The minimum Gasteiger partial charge on any atom is -0.509 e. The highest BCUT2D eigenvalue weighted by molar-refractivity contribution is 6.12. The number of Topliss-reactive ketones (excluding diaryl/α,β-unsaturated/α-hetero) is 1. The van der Waals surface area contributed by atoms with Crippen LogP contribution in [-0.4, -0.2) is 68.0 Å². The Morgan fingerprint density at radius 1 is 1.09 bits per heavy atom. The van der Waals surface area contributed by atoms with Crippen molar-refractivity contribution in [2.45, 2.75) is 37.7 Å². The van der Waals surface area contributed by atoms with E-state index in [1.54, 1.807) is 12.1 Å². The molecule has 2 fully saturated rings. The average molecular weight is 527 g/mol. The number of rotatable bonds is 3. The van der Waals surface area contributed by atoms with E-state index < -0.39 is 34.7 Å². The molecule has 3 aliphatic carbocycles. The van der Waals surface area contributed by atoms with Crippen molar-refractivity contribution in [1.29, 1.82) is 0 Å². The number of allylic oxidation sites excluding steroid dienone is 1. The van der Waals surface area contributed by atoms with Crippen LogP contribution in [0, 0.1) is 11.8 Å². The van der Waals surface area contributed by atoms with Gasteiger partial charge in [-0.25, -0.2) is 0 Å². The molecule has 1 aromatic rings. The van der Waals surface area contributed by atoms with Crippen LogP contribution in [0.4, 0.5) is 5.69 Å². The number of aliphatic hydroxyl groups excluding tert-OH is 2. The van der Waals surface area contributed by atoms with Gasteiger partial charge in [-0.05, 0) is 56.3 Å². The van der Waals surface area contributed by atoms with Gasteiger partial charge >= 0.3 is 0 Å². The van der Waals surface area contributed by atoms with E-state index in [1.165, 1.54) is 0 Å². The molecular weight excluding hydrogens is 499 g/mol. The molecule has 3 atom stereocenters. The molecule has 1 saturated heterocycles. The molecule has 4 aliphatic rings. The van der Waals surface area contributed by atoms with E-state index in [0.717, 1.165) is 32.0 Å². The van der Waals surface area contributed by atoms with E-state index in [4.69, 9.17) is 0 Å². The maximum atomic E-state index is 13.3. The molecule has 190 valence electrons. The summed E-state index contributed by atoms with van der Waals surface area (Å²) in [7, 11) is 0. The summed E-state index contributed by atoms with van der Waals surface area (Å²) < 4.78 is 0. The van der Waals surface area contributed by atoms with E-state index in [9.17, 15) is 34.8 Å². The molecule has 0 spiro atoms. The minimum absolute atomic E-state index is 0. The number of ketones is 2. The van der Waals surface area contributed by atoms with E-state index in [2.05, 4.69) is 5.32 Å². The number of phenols is 1. The van der Waals surface area contributed by atoms with Crippen LogP contribution in [0.1, 0.15) is 36.8 Å². The number of aliphatic hydroxyl groups is 3.